The number of anilines is 2. The molecule has 0 unspecified atom stereocenters. The summed E-state index contributed by atoms with van der Waals surface area (Å²) in [5.74, 6) is -0.235. The van der Waals surface area contributed by atoms with Gasteiger partial charge in [0.2, 0.25) is 5.95 Å². The van der Waals surface area contributed by atoms with Gasteiger partial charge in [0.25, 0.3) is 0 Å². The average Bonchev–Trinajstić information content (AvgIpc) is 3.17. The summed E-state index contributed by atoms with van der Waals surface area (Å²) >= 11 is 0. The van der Waals surface area contributed by atoms with Gasteiger partial charge < -0.3 is 0 Å². The molecule has 0 saturated carbocycles. The number of aryl methyl sites for hydroxylation is 1. The summed E-state index contributed by atoms with van der Waals surface area (Å²) in [6.45, 7) is 1.47. The number of sulfone groups is 1. The Morgan fingerprint density at radius 2 is 1.84 bits per heavy atom. The van der Waals surface area contributed by atoms with E-state index >= 15 is 0 Å². The van der Waals surface area contributed by atoms with E-state index in [1.165, 1.54) is 40.7 Å². The highest BCUT2D eigenvalue weighted by Crippen LogP contribution is 2.42. The van der Waals surface area contributed by atoms with Crippen LogP contribution in [0.4, 0.5) is 24.8 Å². The summed E-state index contributed by atoms with van der Waals surface area (Å²) in [6, 6.07) is 11.6. The van der Waals surface area contributed by atoms with E-state index < -0.39 is 33.3 Å². The fraction of sp³-hybridized carbons (Fsp3) is 0.280. The topological polar surface area (TPSA) is 118 Å². The number of halogens is 3. The molecule has 0 N–H and O–H groups in total. The van der Waals surface area contributed by atoms with Gasteiger partial charge in [0.1, 0.15) is 16.1 Å². The highest BCUT2D eigenvalue weighted by atomic mass is 32.2. The lowest BCUT2D eigenvalue weighted by Crippen LogP contribution is -2.36. The molecule has 38 heavy (non-hydrogen) atoms. The first-order valence-corrected chi connectivity index (χ1v) is 13.4. The van der Waals surface area contributed by atoms with E-state index in [-0.39, 0.29) is 41.6 Å². The summed E-state index contributed by atoms with van der Waals surface area (Å²) in [5.41, 5.74) is -0.366. The molecule has 3 aromatic rings. The SMILES string of the molecule is CC1=C(C=O)[C@@H](c2ccc(C#N)cc2)n2c(nn(CCCS(C)(=O)=O)c2=O)N1c1cccc(C(F)(F)F)c1. The van der Waals surface area contributed by atoms with Gasteiger partial charge in [0.05, 0.1) is 29.0 Å². The second-order valence-corrected chi connectivity index (χ2v) is 11.1. The van der Waals surface area contributed by atoms with Crippen LogP contribution in [0.25, 0.3) is 0 Å². The molecule has 0 aliphatic carbocycles. The number of aromatic nitrogens is 3. The lowest BCUT2D eigenvalue weighted by Gasteiger charge is -2.34. The van der Waals surface area contributed by atoms with Gasteiger partial charge in [-0.2, -0.15) is 18.4 Å². The molecule has 1 atom stereocenters. The molecule has 0 saturated heterocycles. The van der Waals surface area contributed by atoms with Crippen LogP contribution < -0.4 is 10.6 Å². The van der Waals surface area contributed by atoms with Crippen molar-refractivity contribution in [1.82, 2.24) is 14.3 Å². The molecule has 4 rings (SSSR count). The van der Waals surface area contributed by atoms with Crippen molar-refractivity contribution in [2.45, 2.75) is 32.1 Å². The molecule has 1 aliphatic heterocycles. The average molecular weight is 546 g/mol. The number of carbonyl (C=O) groups excluding carboxylic acids is 1. The molecule has 2 heterocycles. The fourth-order valence-corrected chi connectivity index (χ4v) is 5.03. The quantitative estimate of drug-likeness (QED) is 0.417. The molecule has 198 valence electrons. The van der Waals surface area contributed by atoms with E-state index in [0.29, 0.717) is 17.4 Å². The van der Waals surface area contributed by atoms with Crippen molar-refractivity contribution in [1.29, 1.82) is 5.26 Å². The third-order valence-electron chi connectivity index (χ3n) is 6.16. The molecule has 2 aromatic carbocycles. The second kappa shape index (κ2) is 9.94. The first kappa shape index (κ1) is 26.9. The van der Waals surface area contributed by atoms with Crippen LogP contribution in [0, 0.1) is 11.3 Å². The summed E-state index contributed by atoms with van der Waals surface area (Å²) < 4.78 is 65.9. The number of aldehydes is 1. The third-order valence-corrected chi connectivity index (χ3v) is 7.19. The normalized spacial score (nSPS) is 15.8. The van der Waals surface area contributed by atoms with Crippen molar-refractivity contribution in [3.05, 3.63) is 87.0 Å². The van der Waals surface area contributed by atoms with Crippen LogP contribution in [0.15, 0.2) is 64.6 Å². The Kier molecular flexibility index (Phi) is 7.03. The van der Waals surface area contributed by atoms with E-state index in [4.69, 9.17) is 5.26 Å². The number of hydrogen-bond donors (Lipinski definition) is 0. The Balaban J connectivity index is 1.94. The van der Waals surface area contributed by atoms with Gasteiger partial charge in [-0.05, 0) is 49.2 Å². The van der Waals surface area contributed by atoms with Crippen molar-refractivity contribution in [3.63, 3.8) is 0 Å². The number of benzene rings is 2. The van der Waals surface area contributed by atoms with Gasteiger partial charge in [-0.1, -0.05) is 18.2 Å². The number of allylic oxidation sites excluding steroid dienone is 2. The van der Waals surface area contributed by atoms with Crippen LogP contribution >= 0.6 is 0 Å². The molecule has 1 aromatic heterocycles. The molecule has 9 nitrogen and oxygen atoms in total. The van der Waals surface area contributed by atoms with Crippen molar-refractivity contribution in [3.8, 4) is 6.07 Å². The highest BCUT2D eigenvalue weighted by Gasteiger charge is 2.38. The largest absolute Gasteiger partial charge is 0.416 e. The minimum Gasteiger partial charge on any atom is -0.298 e. The molecule has 0 fully saturated rings. The predicted molar refractivity (Wildman–Crippen MR) is 132 cm³/mol. The van der Waals surface area contributed by atoms with Crippen LogP contribution in [-0.4, -0.2) is 41.1 Å². The Morgan fingerprint density at radius 1 is 1.16 bits per heavy atom. The van der Waals surface area contributed by atoms with E-state index in [9.17, 15) is 31.2 Å². The number of fused-ring (bicyclic) bond motifs is 1. The molecule has 0 amide bonds. The van der Waals surface area contributed by atoms with Crippen LogP contribution in [0.1, 0.15) is 36.1 Å². The monoisotopic (exact) mass is 545 g/mol. The molecular formula is C25H22F3N5O4S. The fourth-order valence-electron chi connectivity index (χ4n) is 4.37. The van der Waals surface area contributed by atoms with Crippen molar-refractivity contribution >= 4 is 27.8 Å². The Bertz CT molecular complexity index is 1630. The lowest BCUT2D eigenvalue weighted by atomic mass is 9.94. The van der Waals surface area contributed by atoms with Crippen molar-refractivity contribution in [2.24, 2.45) is 0 Å². The smallest absolute Gasteiger partial charge is 0.298 e. The zero-order valence-electron chi connectivity index (χ0n) is 20.3. The number of rotatable bonds is 7. The molecule has 0 bridgehead atoms. The van der Waals surface area contributed by atoms with E-state index in [2.05, 4.69) is 5.10 Å². The first-order chi connectivity index (χ1) is 17.9. The summed E-state index contributed by atoms with van der Waals surface area (Å²) in [5, 5.41) is 13.5. The third kappa shape index (κ3) is 5.12. The molecule has 0 spiro atoms. The second-order valence-electron chi connectivity index (χ2n) is 8.84. The van der Waals surface area contributed by atoms with Gasteiger partial charge in [-0.25, -0.2) is 22.5 Å². The van der Waals surface area contributed by atoms with E-state index in [1.54, 1.807) is 12.1 Å². The van der Waals surface area contributed by atoms with Gasteiger partial charge in [-0.15, -0.1) is 5.10 Å². The van der Waals surface area contributed by atoms with Gasteiger partial charge >= 0.3 is 11.9 Å². The van der Waals surface area contributed by atoms with Crippen molar-refractivity contribution in [2.75, 3.05) is 16.9 Å². The van der Waals surface area contributed by atoms with Gasteiger partial charge in [0, 0.05) is 29.8 Å². The molecule has 13 heteroatoms. The summed E-state index contributed by atoms with van der Waals surface area (Å²) in [6.07, 6.45) is -2.96. The number of nitriles is 1. The number of carbonyl (C=O) groups is 1. The highest BCUT2D eigenvalue weighted by molar-refractivity contribution is 7.90. The maximum atomic E-state index is 13.6. The lowest BCUT2D eigenvalue weighted by molar-refractivity contribution is -0.137. The van der Waals surface area contributed by atoms with Crippen LogP contribution in [-0.2, 0) is 27.4 Å². The van der Waals surface area contributed by atoms with Crippen LogP contribution in [0.5, 0.6) is 0 Å². The molecular weight excluding hydrogens is 523 g/mol. The minimum absolute atomic E-state index is 0.0319. The number of nitrogens with zero attached hydrogens (tertiary/aromatic N) is 5. The maximum absolute atomic E-state index is 13.6. The standard InChI is InChI=1S/C25H22F3N5O4S/c1-16-21(15-34)22(18-9-7-17(14-29)8-10-18)33-23(30-31(24(33)35)11-4-12-38(2,36)37)32(16)20-6-3-5-19(13-20)25(26,27)28/h3,5-10,13,15,22H,4,11-12H2,1-2H3/t22-/m1/s1. The first-order valence-electron chi connectivity index (χ1n) is 11.4. The molecule has 1 aliphatic rings. The molecule has 0 radical (unpaired) electrons. The number of hydrogen-bond acceptors (Lipinski definition) is 7. The predicted octanol–water partition coefficient (Wildman–Crippen LogP) is 3.58. The Morgan fingerprint density at radius 3 is 2.42 bits per heavy atom. The zero-order chi connectivity index (χ0) is 27.8. The minimum atomic E-state index is -4.63. The summed E-state index contributed by atoms with van der Waals surface area (Å²) in [7, 11) is -3.31. The van der Waals surface area contributed by atoms with E-state index in [0.717, 1.165) is 23.1 Å². The zero-order valence-corrected chi connectivity index (χ0v) is 21.1. The Labute approximate surface area is 215 Å². The van der Waals surface area contributed by atoms with Crippen LogP contribution in [0.2, 0.25) is 0 Å². The van der Waals surface area contributed by atoms with Crippen LogP contribution in [0.3, 0.4) is 0 Å². The van der Waals surface area contributed by atoms with E-state index in [1.807, 2.05) is 6.07 Å². The summed E-state index contributed by atoms with van der Waals surface area (Å²) in [4.78, 5) is 27.2. The number of alkyl halides is 3. The van der Waals surface area contributed by atoms with Gasteiger partial charge in [-0.3, -0.25) is 9.69 Å². The van der Waals surface area contributed by atoms with Gasteiger partial charge in [0.15, 0.2) is 0 Å². The maximum Gasteiger partial charge on any atom is 0.416 e. The van der Waals surface area contributed by atoms with Crippen molar-refractivity contribution < 1.29 is 26.4 Å². The Hall–Kier alpha value is -4.18.